The van der Waals surface area contributed by atoms with Gasteiger partial charge in [0.25, 0.3) is 0 Å². The van der Waals surface area contributed by atoms with Gasteiger partial charge in [0.15, 0.2) is 0 Å². The van der Waals surface area contributed by atoms with Crippen molar-refractivity contribution in [2.75, 3.05) is 7.11 Å². The third-order valence-corrected chi connectivity index (χ3v) is 4.35. The van der Waals surface area contributed by atoms with Gasteiger partial charge >= 0.3 is 0 Å². The van der Waals surface area contributed by atoms with Gasteiger partial charge in [0.2, 0.25) is 0 Å². The Kier molecular flexibility index (Phi) is 3.76. The zero-order chi connectivity index (χ0) is 16.4. The minimum atomic E-state index is 0.878. The van der Waals surface area contributed by atoms with Crippen LogP contribution in [0.15, 0.2) is 78.9 Å². The molecule has 1 aliphatic rings. The quantitative estimate of drug-likeness (QED) is 0.595. The van der Waals surface area contributed by atoms with Crippen LogP contribution in [0.25, 0.3) is 23.3 Å². The van der Waals surface area contributed by atoms with Gasteiger partial charge in [-0.15, -0.1) is 0 Å². The van der Waals surface area contributed by atoms with Crippen LogP contribution >= 0.6 is 0 Å². The predicted molar refractivity (Wildman–Crippen MR) is 102 cm³/mol. The van der Waals surface area contributed by atoms with Gasteiger partial charge in [-0.05, 0) is 57.7 Å². The third kappa shape index (κ3) is 2.65. The molecule has 4 rings (SSSR count). The van der Waals surface area contributed by atoms with Gasteiger partial charge in [-0.25, -0.2) is 0 Å². The van der Waals surface area contributed by atoms with Crippen LogP contribution in [0, 0.1) is 0 Å². The topological polar surface area (TPSA) is 9.23 Å². The van der Waals surface area contributed by atoms with Gasteiger partial charge in [0.1, 0.15) is 5.75 Å². The van der Waals surface area contributed by atoms with Crippen LogP contribution in [0.2, 0.25) is 0 Å². The SMILES string of the molecule is COc1ccc(/C=C2/C(c3ccccc3)=Cc3ccccc32)cc1. The second kappa shape index (κ2) is 6.21. The number of allylic oxidation sites excluding steroid dienone is 2. The molecule has 116 valence electrons. The highest BCUT2D eigenvalue weighted by Gasteiger charge is 2.19. The van der Waals surface area contributed by atoms with Crippen molar-refractivity contribution >= 4 is 23.3 Å². The maximum atomic E-state index is 5.25. The monoisotopic (exact) mass is 310 g/mol. The summed E-state index contributed by atoms with van der Waals surface area (Å²) in [6, 6.07) is 27.3. The molecule has 0 aromatic heterocycles. The summed E-state index contributed by atoms with van der Waals surface area (Å²) in [7, 11) is 1.69. The van der Waals surface area contributed by atoms with Crippen LogP contribution in [-0.4, -0.2) is 7.11 Å². The number of ether oxygens (including phenoxy) is 1. The Morgan fingerprint density at radius 2 is 1.46 bits per heavy atom. The smallest absolute Gasteiger partial charge is 0.118 e. The molecule has 24 heavy (non-hydrogen) atoms. The Labute approximate surface area is 142 Å². The zero-order valence-electron chi connectivity index (χ0n) is 13.6. The molecule has 0 bridgehead atoms. The molecule has 0 heterocycles. The normalized spacial score (nSPS) is 14.4. The molecule has 1 nitrogen and oxygen atoms in total. The van der Waals surface area contributed by atoms with E-state index in [2.05, 4.69) is 78.9 Å². The molecule has 0 fully saturated rings. The average Bonchev–Trinajstić information content (AvgIpc) is 3.02. The van der Waals surface area contributed by atoms with E-state index in [0.717, 1.165) is 5.75 Å². The first-order valence-electron chi connectivity index (χ1n) is 8.08. The molecule has 0 aliphatic heterocycles. The standard InChI is InChI=1S/C23H18O/c1-24-20-13-11-17(12-14-20)15-23-21-10-6-5-9-19(21)16-22(23)18-7-3-2-4-8-18/h2-16H,1H3/b23-15+. The second-order valence-corrected chi connectivity index (χ2v) is 5.84. The van der Waals surface area contributed by atoms with Crippen molar-refractivity contribution in [1.29, 1.82) is 0 Å². The van der Waals surface area contributed by atoms with Crippen molar-refractivity contribution in [3.8, 4) is 5.75 Å². The van der Waals surface area contributed by atoms with Crippen molar-refractivity contribution in [2.45, 2.75) is 0 Å². The lowest BCUT2D eigenvalue weighted by Gasteiger charge is -2.09. The number of methoxy groups -OCH3 is 1. The minimum Gasteiger partial charge on any atom is -0.497 e. The summed E-state index contributed by atoms with van der Waals surface area (Å²) in [6.07, 6.45) is 4.53. The lowest BCUT2D eigenvalue weighted by Crippen LogP contribution is -1.87. The van der Waals surface area contributed by atoms with E-state index >= 15 is 0 Å². The molecule has 1 aliphatic carbocycles. The Morgan fingerprint density at radius 1 is 0.750 bits per heavy atom. The Balaban J connectivity index is 1.83. The van der Waals surface area contributed by atoms with E-state index in [1.807, 2.05) is 12.1 Å². The zero-order valence-corrected chi connectivity index (χ0v) is 13.6. The first-order valence-corrected chi connectivity index (χ1v) is 8.08. The summed E-state index contributed by atoms with van der Waals surface area (Å²) >= 11 is 0. The van der Waals surface area contributed by atoms with Gasteiger partial charge in [0.05, 0.1) is 7.11 Å². The molecule has 0 saturated heterocycles. The van der Waals surface area contributed by atoms with Gasteiger partial charge in [0, 0.05) is 0 Å². The average molecular weight is 310 g/mol. The van der Waals surface area contributed by atoms with E-state index < -0.39 is 0 Å². The lowest BCUT2D eigenvalue weighted by molar-refractivity contribution is 0.415. The van der Waals surface area contributed by atoms with Gasteiger partial charge in [-0.3, -0.25) is 0 Å². The fraction of sp³-hybridized carbons (Fsp3) is 0.0435. The molecule has 3 aromatic rings. The van der Waals surface area contributed by atoms with E-state index in [0.29, 0.717) is 0 Å². The van der Waals surface area contributed by atoms with Crippen LogP contribution in [0.5, 0.6) is 5.75 Å². The highest BCUT2D eigenvalue weighted by atomic mass is 16.5. The summed E-state index contributed by atoms with van der Waals surface area (Å²) in [5.74, 6) is 0.878. The summed E-state index contributed by atoms with van der Waals surface area (Å²) in [4.78, 5) is 0. The van der Waals surface area contributed by atoms with E-state index in [-0.39, 0.29) is 0 Å². The number of fused-ring (bicyclic) bond motifs is 1. The van der Waals surface area contributed by atoms with Gasteiger partial charge in [-0.2, -0.15) is 0 Å². The molecular weight excluding hydrogens is 292 g/mol. The predicted octanol–water partition coefficient (Wildman–Crippen LogP) is 5.79. The molecule has 0 amide bonds. The highest BCUT2D eigenvalue weighted by molar-refractivity contribution is 6.21. The summed E-state index contributed by atoms with van der Waals surface area (Å²) in [5.41, 5.74) is 7.51. The number of rotatable bonds is 3. The van der Waals surface area contributed by atoms with Gasteiger partial charge < -0.3 is 4.74 Å². The van der Waals surface area contributed by atoms with E-state index in [1.54, 1.807) is 7.11 Å². The Bertz CT molecular complexity index is 916. The molecule has 0 radical (unpaired) electrons. The molecule has 1 heteroatoms. The van der Waals surface area contributed by atoms with Crippen molar-refractivity contribution < 1.29 is 4.74 Å². The molecule has 0 N–H and O–H groups in total. The minimum absolute atomic E-state index is 0.878. The van der Waals surface area contributed by atoms with Gasteiger partial charge in [-0.1, -0.05) is 66.7 Å². The number of hydrogen-bond acceptors (Lipinski definition) is 1. The largest absolute Gasteiger partial charge is 0.497 e. The first-order chi connectivity index (χ1) is 11.8. The maximum Gasteiger partial charge on any atom is 0.118 e. The molecule has 3 aromatic carbocycles. The molecule has 0 unspecified atom stereocenters. The molecule has 0 spiro atoms. The van der Waals surface area contributed by atoms with Crippen LogP contribution in [0.4, 0.5) is 0 Å². The second-order valence-electron chi connectivity index (χ2n) is 5.84. The maximum absolute atomic E-state index is 5.25. The summed E-state index contributed by atoms with van der Waals surface area (Å²) < 4.78 is 5.25. The Hall–Kier alpha value is -3.06. The van der Waals surface area contributed by atoms with Crippen LogP contribution in [0.3, 0.4) is 0 Å². The Morgan fingerprint density at radius 3 is 2.21 bits per heavy atom. The molecular formula is C23H18O. The van der Waals surface area contributed by atoms with E-state index in [4.69, 9.17) is 4.74 Å². The summed E-state index contributed by atoms with van der Waals surface area (Å²) in [6.45, 7) is 0. The van der Waals surface area contributed by atoms with Crippen LogP contribution < -0.4 is 4.74 Å². The first kappa shape index (κ1) is 14.5. The van der Waals surface area contributed by atoms with E-state index in [9.17, 15) is 0 Å². The molecule has 0 atom stereocenters. The van der Waals surface area contributed by atoms with Crippen molar-refractivity contribution in [1.82, 2.24) is 0 Å². The highest BCUT2D eigenvalue weighted by Crippen LogP contribution is 2.42. The fourth-order valence-electron chi connectivity index (χ4n) is 3.13. The number of hydrogen-bond donors (Lipinski definition) is 0. The van der Waals surface area contributed by atoms with Crippen molar-refractivity contribution in [2.24, 2.45) is 0 Å². The van der Waals surface area contributed by atoms with E-state index in [1.165, 1.54) is 33.4 Å². The van der Waals surface area contributed by atoms with Crippen molar-refractivity contribution in [3.63, 3.8) is 0 Å². The number of benzene rings is 3. The van der Waals surface area contributed by atoms with Crippen molar-refractivity contribution in [3.05, 3.63) is 101 Å². The molecule has 0 saturated carbocycles. The van der Waals surface area contributed by atoms with Crippen LogP contribution in [-0.2, 0) is 0 Å². The fourth-order valence-corrected chi connectivity index (χ4v) is 3.13. The third-order valence-electron chi connectivity index (χ3n) is 4.35. The summed E-state index contributed by atoms with van der Waals surface area (Å²) in [5, 5.41) is 0. The van der Waals surface area contributed by atoms with Crippen LogP contribution in [0.1, 0.15) is 22.3 Å². The lowest BCUT2D eigenvalue weighted by atomic mass is 9.95.